The first kappa shape index (κ1) is 14.3. The molecule has 102 valence electrons. The molecule has 0 aliphatic rings. The van der Waals surface area contributed by atoms with Crippen LogP contribution in [-0.4, -0.2) is 11.9 Å². The van der Waals surface area contributed by atoms with Crippen molar-refractivity contribution in [2.45, 2.75) is 6.92 Å². The van der Waals surface area contributed by atoms with E-state index in [1.807, 2.05) is 12.1 Å². The molecular formula is C15H12BrNO3. The monoisotopic (exact) mass is 333 g/mol. The third-order valence-electron chi connectivity index (χ3n) is 2.48. The van der Waals surface area contributed by atoms with Gasteiger partial charge in [0.2, 0.25) is 0 Å². The lowest BCUT2D eigenvalue weighted by molar-refractivity contribution is -0.131. The topological polar surface area (TPSA) is 55.4 Å². The first-order valence-electron chi connectivity index (χ1n) is 5.90. The smallest absolute Gasteiger partial charge is 0.308 e. The van der Waals surface area contributed by atoms with Gasteiger partial charge in [0, 0.05) is 22.6 Å². The van der Waals surface area contributed by atoms with Crippen LogP contribution in [0.1, 0.15) is 17.3 Å². The molecule has 2 rings (SSSR count). The summed E-state index contributed by atoms with van der Waals surface area (Å²) in [5, 5.41) is 2.78. The van der Waals surface area contributed by atoms with Gasteiger partial charge in [-0.3, -0.25) is 9.59 Å². The number of esters is 1. The molecule has 0 atom stereocenters. The Bertz CT molecular complexity index is 621. The van der Waals surface area contributed by atoms with E-state index in [0.29, 0.717) is 17.0 Å². The summed E-state index contributed by atoms with van der Waals surface area (Å²) < 4.78 is 5.85. The molecule has 0 aliphatic carbocycles. The summed E-state index contributed by atoms with van der Waals surface area (Å²) in [5.74, 6) is -0.198. The first-order chi connectivity index (χ1) is 9.54. The molecule has 0 heterocycles. The number of carbonyl (C=O) groups excluding carboxylic acids is 2. The van der Waals surface area contributed by atoms with Crippen LogP contribution in [0.4, 0.5) is 5.69 Å². The Morgan fingerprint density at radius 2 is 1.60 bits per heavy atom. The molecular weight excluding hydrogens is 322 g/mol. The largest absolute Gasteiger partial charge is 0.427 e. The second-order valence-electron chi connectivity index (χ2n) is 4.08. The molecule has 0 radical (unpaired) electrons. The van der Waals surface area contributed by atoms with E-state index in [1.165, 1.54) is 6.92 Å². The molecule has 1 amide bonds. The third-order valence-corrected chi connectivity index (χ3v) is 3.01. The fourth-order valence-corrected chi connectivity index (χ4v) is 1.84. The molecule has 2 aromatic carbocycles. The van der Waals surface area contributed by atoms with E-state index in [1.54, 1.807) is 36.4 Å². The van der Waals surface area contributed by atoms with Crippen molar-refractivity contribution < 1.29 is 14.3 Å². The summed E-state index contributed by atoms with van der Waals surface area (Å²) in [7, 11) is 0. The van der Waals surface area contributed by atoms with Crippen molar-refractivity contribution >= 4 is 33.5 Å². The minimum atomic E-state index is -0.392. The van der Waals surface area contributed by atoms with Gasteiger partial charge in [-0.2, -0.15) is 0 Å². The van der Waals surface area contributed by atoms with Crippen LogP contribution in [0.15, 0.2) is 53.0 Å². The maximum absolute atomic E-state index is 12.0. The first-order valence-corrected chi connectivity index (χ1v) is 6.69. The van der Waals surface area contributed by atoms with Crippen LogP contribution < -0.4 is 10.1 Å². The van der Waals surface area contributed by atoms with Crippen LogP contribution in [0.5, 0.6) is 5.75 Å². The zero-order valence-corrected chi connectivity index (χ0v) is 12.3. The Morgan fingerprint density at radius 1 is 1.00 bits per heavy atom. The molecule has 0 saturated heterocycles. The van der Waals surface area contributed by atoms with Gasteiger partial charge in [0.15, 0.2) is 0 Å². The molecule has 2 aromatic rings. The summed E-state index contributed by atoms with van der Waals surface area (Å²) in [5.41, 5.74) is 1.20. The normalized spacial score (nSPS) is 9.90. The van der Waals surface area contributed by atoms with Gasteiger partial charge in [-0.1, -0.05) is 15.9 Å². The molecule has 0 aliphatic heterocycles. The van der Waals surface area contributed by atoms with E-state index in [0.717, 1.165) is 4.47 Å². The highest BCUT2D eigenvalue weighted by Crippen LogP contribution is 2.16. The van der Waals surface area contributed by atoms with E-state index >= 15 is 0 Å². The fraction of sp³-hybridized carbons (Fsp3) is 0.0667. The highest BCUT2D eigenvalue weighted by molar-refractivity contribution is 9.10. The SMILES string of the molecule is CC(=O)Oc1ccc(C(=O)Nc2ccc(Br)cc2)cc1. The summed E-state index contributed by atoms with van der Waals surface area (Å²) >= 11 is 3.33. The van der Waals surface area contributed by atoms with Gasteiger partial charge in [0.1, 0.15) is 5.75 Å². The molecule has 0 unspecified atom stereocenters. The molecule has 0 aromatic heterocycles. The fourth-order valence-electron chi connectivity index (χ4n) is 1.58. The summed E-state index contributed by atoms with van der Waals surface area (Å²) in [4.78, 5) is 22.8. The second-order valence-corrected chi connectivity index (χ2v) is 4.99. The molecule has 20 heavy (non-hydrogen) atoms. The number of ether oxygens (including phenoxy) is 1. The van der Waals surface area contributed by atoms with Gasteiger partial charge in [-0.05, 0) is 48.5 Å². The summed E-state index contributed by atoms with van der Waals surface area (Å²) in [6.45, 7) is 1.33. The number of benzene rings is 2. The molecule has 5 heteroatoms. The zero-order chi connectivity index (χ0) is 14.5. The molecule has 0 bridgehead atoms. The molecule has 1 N–H and O–H groups in total. The predicted molar refractivity (Wildman–Crippen MR) is 79.8 cm³/mol. The minimum absolute atomic E-state index is 0.221. The van der Waals surface area contributed by atoms with Crippen LogP contribution in [-0.2, 0) is 4.79 Å². The maximum atomic E-state index is 12.0. The molecule has 0 fully saturated rings. The van der Waals surface area contributed by atoms with Crippen molar-refractivity contribution in [1.82, 2.24) is 0 Å². The lowest BCUT2D eigenvalue weighted by Gasteiger charge is -2.06. The number of rotatable bonds is 3. The maximum Gasteiger partial charge on any atom is 0.308 e. The van der Waals surface area contributed by atoms with Crippen molar-refractivity contribution in [3.8, 4) is 5.75 Å². The quantitative estimate of drug-likeness (QED) is 0.689. The Balaban J connectivity index is 2.05. The van der Waals surface area contributed by atoms with Crippen molar-refractivity contribution in [3.63, 3.8) is 0 Å². The molecule has 0 spiro atoms. The van der Waals surface area contributed by atoms with Gasteiger partial charge < -0.3 is 10.1 Å². The number of hydrogen-bond acceptors (Lipinski definition) is 3. The number of carbonyl (C=O) groups is 2. The number of hydrogen-bond donors (Lipinski definition) is 1. The lowest BCUT2D eigenvalue weighted by atomic mass is 10.2. The Kier molecular flexibility index (Phi) is 4.53. The molecule has 0 saturated carbocycles. The Labute approximate surface area is 124 Å². The zero-order valence-electron chi connectivity index (χ0n) is 10.7. The highest BCUT2D eigenvalue weighted by atomic mass is 79.9. The van der Waals surface area contributed by atoms with E-state index in [-0.39, 0.29) is 5.91 Å². The Hall–Kier alpha value is -2.14. The standard InChI is InChI=1S/C15H12BrNO3/c1-10(18)20-14-8-2-11(3-9-14)15(19)17-13-6-4-12(16)5-7-13/h2-9H,1H3,(H,17,19). The van der Waals surface area contributed by atoms with Gasteiger partial charge in [-0.15, -0.1) is 0 Å². The Morgan fingerprint density at radius 3 is 2.15 bits per heavy atom. The number of anilines is 1. The van der Waals surface area contributed by atoms with E-state index in [9.17, 15) is 9.59 Å². The average Bonchev–Trinajstić information content (AvgIpc) is 2.41. The number of amides is 1. The van der Waals surface area contributed by atoms with Crippen molar-refractivity contribution in [2.75, 3.05) is 5.32 Å². The molecule has 4 nitrogen and oxygen atoms in total. The van der Waals surface area contributed by atoms with E-state index in [2.05, 4.69) is 21.2 Å². The summed E-state index contributed by atoms with van der Waals surface area (Å²) in [6, 6.07) is 13.7. The third kappa shape index (κ3) is 3.93. The van der Waals surface area contributed by atoms with E-state index in [4.69, 9.17) is 4.74 Å². The van der Waals surface area contributed by atoms with Gasteiger partial charge in [-0.25, -0.2) is 0 Å². The van der Waals surface area contributed by atoms with Gasteiger partial charge >= 0.3 is 5.97 Å². The van der Waals surface area contributed by atoms with Crippen LogP contribution >= 0.6 is 15.9 Å². The van der Waals surface area contributed by atoms with Crippen molar-refractivity contribution in [3.05, 3.63) is 58.6 Å². The number of nitrogens with one attached hydrogen (secondary N) is 1. The average molecular weight is 334 g/mol. The van der Waals surface area contributed by atoms with Gasteiger partial charge in [0.05, 0.1) is 0 Å². The lowest BCUT2D eigenvalue weighted by Crippen LogP contribution is -2.11. The second kappa shape index (κ2) is 6.34. The number of halogens is 1. The van der Waals surface area contributed by atoms with Crippen LogP contribution in [0.25, 0.3) is 0 Å². The van der Waals surface area contributed by atoms with Crippen LogP contribution in [0, 0.1) is 0 Å². The van der Waals surface area contributed by atoms with Crippen molar-refractivity contribution in [1.29, 1.82) is 0 Å². The highest BCUT2D eigenvalue weighted by Gasteiger charge is 2.06. The minimum Gasteiger partial charge on any atom is -0.427 e. The predicted octanol–water partition coefficient (Wildman–Crippen LogP) is 3.63. The van der Waals surface area contributed by atoms with Crippen LogP contribution in [0.2, 0.25) is 0 Å². The van der Waals surface area contributed by atoms with Gasteiger partial charge in [0.25, 0.3) is 5.91 Å². The van der Waals surface area contributed by atoms with E-state index < -0.39 is 5.97 Å². The van der Waals surface area contributed by atoms with Crippen LogP contribution in [0.3, 0.4) is 0 Å². The summed E-state index contributed by atoms with van der Waals surface area (Å²) in [6.07, 6.45) is 0. The van der Waals surface area contributed by atoms with Crippen molar-refractivity contribution in [2.24, 2.45) is 0 Å².